The lowest BCUT2D eigenvalue weighted by atomic mass is 9.89. The Hall–Kier alpha value is -1.65. The third-order valence-electron chi connectivity index (χ3n) is 4.70. The maximum atomic E-state index is 12.5. The lowest BCUT2D eigenvalue weighted by molar-refractivity contribution is -0.127. The molecule has 0 radical (unpaired) electrons. The number of rotatable bonds is 5. The van der Waals surface area contributed by atoms with Crippen LogP contribution in [0.1, 0.15) is 27.7 Å². The summed E-state index contributed by atoms with van der Waals surface area (Å²) in [4.78, 5) is 21.3. The summed E-state index contributed by atoms with van der Waals surface area (Å²) in [5, 5.41) is 15.3. The molecule has 6 nitrogen and oxygen atoms in total. The predicted molar refractivity (Wildman–Crippen MR) is 92.4 cm³/mol. The van der Waals surface area contributed by atoms with Crippen molar-refractivity contribution in [3.05, 3.63) is 11.6 Å². The molecule has 0 aromatic carbocycles. The summed E-state index contributed by atoms with van der Waals surface area (Å²) in [7, 11) is 0. The Morgan fingerprint density at radius 1 is 1.39 bits per heavy atom. The first-order valence-electron chi connectivity index (χ1n) is 7.99. The Morgan fingerprint density at radius 2 is 2.04 bits per heavy atom. The molecule has 1 aliphatic rings. The molecule has 2 heterocycles. The van der Waals surface area contributed by atoms with Crippen LogP contribution in [0.2, 0.25) is 0 Å². The minimum Gasteiger partial charge on any atom is -0.346 e. The molecule has 0 spiro atoms. The van der Waals surface area contributed by atoms with Gasteiger partial charge in [-0.2, -0.15) is 5.26 Å². The Bertz CT molecular complexity index is 560. The van der Waals surface area contributed by atoms with Crippen molar-refractivity contribution in [2.24, 2.45) is 5.92 Å². The minimum atomic E-state index is -0.825. The molecule has 1 fully saturated rings. The third-order valence-corrected chi connectivity index (χ3v) is 5.53. The molecule has 7 heteroatoms. The van der Waals surface area contributed by atoms with Crippen LogP contribution in [0.4, 0.5) is 5.13 Å². The number of piperazine rings is 1. The van der Waals surface area contributed by atoms with Crippen LogP contribution in [0.15, 0.2) is 11.6 Å². The van der Waals surface area contributed by atoms with Crippen molar-refractivity contribution in [2.75, 3.05) is 31.1 Å². The number of carbonyl (C=O) groups is 1. The van der Waals surface area contributed by atoms with Gasteiger partial charge in [0.05, 0.1) is 12.1 Å². The normalized spacial score (nSPS) is 19.9. The van der Waals surface area contributed by atoms with Crippen molar-refractivity contribution >= 4 is 22.4 Å². The van der Waals surface area contributed by atoms with Gasteiger partial charge in [-0.3, -0.25) is 9.69 Å². The fourth-order valence-electron chi connectivity index (χ4n) is 2.50. The second-order valence-corrected chi connectivity index (χ2v) is 7.34. The van der Waals surface area contributed by atoms with Crippen LogP contribution < -0.4 is 10.2 Å². The summed E-state index contributed by atoms with van der Waals surface area (Å²) in [6.07, 6.45) is 1.82. The Labute approximate surface area is 142 Å². The first-order valence-corrected chi connectivity index (χ1v) is 8.87. The molecule has 126 valence electrons. The topological polar surface area (TPSA) is 72.3 Å². The van der Waals surface area contributed by atoms with Gasteiger partial charge in [-0.25, -0.2) is 4.98 Å². The van der Waals surface area contributed by atoms with Gasteiger partial charge in [0.2, 0.25) is 5.91 Å². The molecule has 0 aliphatic carbocycles. The van der Waals surface area contributed by atoms with Crippen LogP contribution in [0.3, 0.4) is 0 Å². The second-order valence-electron chi connectivity index (χ2n) is 6.47. The number of nitrogens with zero attached hydrogens (tertiary/aromatic N) is 4. The van der Waals surface area contributed by atoms with E-state index in [-0.39, 0.29) is 17.9 Å². The van der Waals surface area contributed by atoms with Crippen LogP contribution in [0.5, 0.6) is 0 Å². The molecule has 1 saturated heterocycles. The van der Waals surface area contributed by atoms with E-state index in [9.17, 15) is 10.1 Å². The number of nitriles is 1. The maximum absolute atomic E-state index is 12.5. The van der Waals surface area contributed by atoms with Gasteiger partial charge in [0.15, 0.2) is 5.13 Å². The molecule has 0 unspecified atom stereocenters. The minimum absolute atomic E-state index is 0.0606. The quantitative estimate of drug-likeness (QED) is 0.887. The standard InChI is InChI=1S/C16H25N5OS/c1-12(2)16(4,11-17)19-14(22)13(3)20-6-8-21(9-7-20)15-18-5-10-23-15/h5,10,12-13H,6-9H2,1-4H3,(H,19,22)/t13-,16-/m0/s1. The zero-order valence-electron chi connectivity index (χ0n) is 14.2. The summed E-state index contributed by atoms with van der Waals surface area (Å²) < 4.78 is 0. The van der Waals surface area contributed by atoms with E-state index in [0.717, 1.165) is 31.3 Å². The monoisotopic (exact) mass is 335 g/mol. The highest BCUT2D eigenvalue weighted by Crippen LogP contribution is 2.20. The summed E-state index contributed by atoms with van der Waals surface area (Å²) in [5.41, 5.74) is -0.825. The first kappa shape index (κ1) is 17.7. The van der Waals surface area contributed by atoms with Crippen LogP contribution in [0, 0.1) is 17.2 Å². The molecule has 2 atom stereocenters. The van der Waals surface area contributed by atoms with Gasteiger partial charge < -0.3 is 10.2 Å². The summed E-state index contributed by atoms with van der Waals surface area (Å²) >= 11 is 1.64. The molecular weight excluding hydrogens is 310 g/mol. The van der Waals surface area contributed by atoms with E-state index < -0.39 is 5.54 Å². The van der Waals surface area contributed by atoms with Crippen molar-refractivity contribution < 1.29 is 4.79 Å². The third kappa shape index (κ3) is 4.01. The van der Waals surface area contributed by atoms with Gasteiger partial charge >= 0.3 is 0 Å². The summed E-state index contributed by atoms with van der Waals surface area (Å²) in [6.45, 7) is 10.9. The number of anilines is 1. The number of hydrogen-bond acceptors (Lipinski definition) is 6. The SMILES string of the molecule is CC(C)[C@](C)(C#N)NC(=O)[C@H](C)N1CCN(c2nccs2)CC1. The average Bonchev–Trinajstić information content (AvgIpc) is 3.08. The van der Waals surface area contributed by atoms with Gasteiger partial charge in [-0.1, -0.05) is 13.8 Å². The fourth-order valence-corrected chi connectivity index (χ4v) is 3.20. The van der Waals surface area contributed by atoms with Gasteiger partial charge in [-0.15, -0.1) is 11.3 Å². The van der Waals surface area contributed by atoms with Crippen molar-refractivity contribution in [3.8, 4) is 6.07 Å². The Morgan fingerprint density at radius 3 is 2.52 bits per heavy atom. The van der Waals surface area contributed by atoms with Crippen LogP contribution in [-0.2, 0) is 4.79 Å². The van der Waals surface area contributed by atoms with E-state index in [1.54, 1.807) is 18.3 Å². The highest BCUT2D eigenvalue weighted by Gasteiger charge is 2.34. The molecule has 1 aromatic heterocycles. The summed E-state index contributed by atoms with van der Waals surface area (Å²) in [5.74, 6) is -0.0177. The molecule has 1 N–H and O–H groups in total. The molecule has 2 rings (SSSR count). The lowest BCUT2D eigenvalue weighted by Crippen LogP contribution is -2.58. The molecule has 23 heavy (non-hydrogen) atoms. The zero-order valence-corrected chi connectivity index (χ0v) is 15.1. The second kappa shape index (κ2) is 7.28. The lowest BCUT2D eigenvalue weighted by Gasteiger charge is -2.38. The van der Waals surface area contributed by atoms with Gasteiger partial charge in [0.25, 0.3) is 0 Å². The Balaban J connectivity index is 1.90. The fraction of sp³-hybridized carbons (Fsp3) is 0.688. The van der Waals surface area contributed by atoms with E-state index in [4.69, 9.17) is 0 Å². The molecule has 1 aromatic rings. The predicted octanol–water partition coefficient (Wildman–Crippen LogP) is 1.71. The number of carbonyl (C=O) groups excluding carboxylic acids is 1. The molecule has 1 amide bonds. The van der Waals surface area contributed by atoms with E-state index >= 15 is 0 Å². The summed E-state index contributed by atoms with van der Waals surface area (Å²) in [6, 6.07) is 1.99. The van der Waals surface area contributed by atoms with Gasteiger partial charge in [0.1, 0.15) is 5.54 Å². The molecule has 0 bridgehead atoms. The zero-order chi connectivity index (χ0) is 17.0. The number of thiazole rings is 1. The first-order chi connectivity index (χ1) is 10.9. The van der Waals surface area contributed by atoms with Crippen molar-refractivity contribution in [2.45, 2.75) is 39.3 Å². The van der Waals surface area contributed by atoms with Crippen molar-refractivity contribution in [3.63, 3.8) is 0 Å². The number of aromatic nitrogens is 1. The van der Waals surface area contributed by atoms with Crippen molar-refractivity contribution in [1.29, 1.82) is 5.26 Å². The largest absolute Gasteiger partial charge is 0.346 e. The van der Waals surface area contributed by atoms with Crippen LogP contribution in [0.25, 0.3) is 0 Å². The van der Waals surface area contributed by atoms with E-state index in [0.29, 0.717) is 0 Å². The smallest absolute Gasteiger partial charge is 0.238 e. The number of amides is 1. The average molecular weight is 335 g/mol. The van der Waals surface area contributed by atoms with E-state index in [1.807, 2.05) is 32.3 Å². The number of hydrogen-bond donors (Lipinski definition) is 1. The highest BCUT2D eigenvalue weighted by molar-refractivity contribution is 7.13. The van der Waals surface area contributed by atoms with Crippen LogP contribution >= 0.6 is 11.3 Å². The number of nitrogens with one attached hydrogen (secondary N) is 1. The van der Waals surface area contributed by atoms with E-state index in [1.165, 1.54) is 0 Å². The van der Waals surface area contributed by atoms with Gasteiger partial charge in [0, 0.05) is 37.8 Å². The Kier molecular flexibility index (Phi) is 5.60. The van der Waals surface area contributed by atoms with Gasteiger partial charge in [-0.05, 0) is 19.8 Å². The molecule has 1 aliphatic heterocycles. The maximum Gasteiger partial charge on any atom is 0.238 e. The van der Waals surface area contributed by atoms with E-state index in [2.05, 4.69) is 26.2 Å². The molecular formula is C16H25N5OS. The van der Waals surface area contributed by atoms with Crippen molar-refractivity contribution in [1.82, 2.24) is 15.2 Å². The van der Waals surface area contributed by atoms with Crippen LogP contribution in [-0.4, -0.2) is 53.6 Å². The molecule has 0 saturated carbocycles. The highest BCUT2D eigenvalue weighted by atomic mass is 32.1.